The fourth-order valence-corrected chi connectivity index (χ4v) is 2.90. The molecule has 2 aromatic heterocycles. The summed E-state index contributed by atoms with van der Waals surface area (Å²) in [5.41, 5.74) is 1.22. The van der Waals surface area contributed by atoms with Crippen molar-refractivity contribution in [2.75, 3.05) is 32.7 Å². The van der Waals surface area contributed by atoms with E-state index in [4.69, 9.17) is 4.52 Å². The second-order valence-electron chi connectivity index (χ2n) is 7.02. The molecule has 27 heavy (non-hydrogen) atoms. The van der Waals surface area contributed by atoms with E-state index < -0.39 is 0 Å². The zero-order valence-corrected chi connectivity index (χ0v) is 16.7. The van der Waals surface area contributed by atoms with Crippen molar-refractivity contribution >= 4 is 18.3 Å². The Kier molecular flexibility index (Phi) is 8.21. The number of rotatable bonds is 8. The van der Waals surface area contributed by atoms with Gasteiger partial charge in [-0.15, -0.1) is 17.5 Å². The molecule has 1 aliphatic heterocycles. The second-order valence-corrected chi connectivity index (χ2v) is 7.02. The van der Waals surface area contributed by atoms with Crippen molar-refractivity contribution < 1.29 is 9.32 Å². The Bertz CT molecular complexity index is 710. The van der Waals surface area contributed by atoms with Crippen molar-refractivity contribution in [1.82, 2.24) is 35.7 Å². The molecule has 0 radical (unpaired) electrons. The van der Waals surface area contributed by atoms with Crippen molar-refractivity contribution in [3.05, 3.63) is 29.4 Å². The Morgan fingerprint density at radius 1 is 1.33 bits per heavy atom. The maximum Gasteiger partial charge on any atom is 0.273 e. The van der Waals surface area contributed by atoms with E-state index in [2.05, 4.69) is 44.8 Å². The summed E-state index contributed by atoms with van der Waals surface area (Å²) in [7, 11) is 0. The molecular weight excluding hydrogens is 370 g/mol. The van der Waals surface area contributed by atoms with E-state index in [9.17, 15) is 4.79 Å². The van der Waals surface area contributed by atoms with Gasteiger partial charge in [-0.2, -0.15) is 0 Å². The molecule has 0 bridgehead atoms. The summed E-state index contributed by atoms with van der Waals surface area (Å²) in [5, 5.41) is 18.1. The van der Waals surface area contributed by atoms with E-state index in [1.807, 2.05) is 6.07 Å². The highest BCUT2D eigenvalue weighted by Gasteiger charge is 2.14. The lowest BCUT2D eigenvalue weighted by atomic mass is 10.1. The minimum atomic E-state index is -0.264. The van der Waals surface area contributed by atoms with Crippen molar-refractivity contribution in [2.24, 2.45) is 5.92 Å². The van der Waals surface area contributed by atoms with Crippen LogP contribution in [-0.4, -0.2) is 63.7 Å². The topological polar surface area (TPSA) is 101 Å². The molecule has 0 spiro atoms. The lowest BCUT2D eigenvalue weighted by Crippen LogP contribution is -2.44. The Morgan fingerprint density at radius 2 is 2.11 bits per heavy atom. The quantitative estimate of drug-likeness (QED) is 0.676. The lowest BCUT2D eigenvalue weighted by Gasteiger charge is -2.26. The predicted molar refractivity (Wildman–Crippen MR) is 103 cm³/mol. The first-order chi connectivity index (χ1) is 12.6. The van der Waals surface area contributed by atoms with Crippen molar-refractivity contribution in [3.63, 3.8) is 0 Å². The molecular formula is C17H28ClN7O2. The standard InChI is InChI=1S/C17H27N7O2.ClH/c1-13(2)9-14-10-15(26-21-14)11-19-17(25)16-12-24(22-20-16)8-7-23-5-3-18-4-6-23;/h10,12-13,18H,3-9,11H2,1-2H3,(H,19,25);1H. The van der Waals surface area contributed by atoms with Gasteiger partial charge in [0.2, 0.25) is 0 Å². The molecule has 10 heteroatoms. The van der Waals surface area contributed by atoms with E-state index in [0.717, 1.165) is 51.4 Å². The van der Waals surface area contributed by atoms with Crippen LogP contribution in [0, 0.1) is 5.92 Å². The zero-order valence-electron chi connectivity index (χ0n) is 15.8. The monoisotopic (exact) mass is 397 g/mol. The molecule has 0 unspecified atom stereocenters. The van der Waals surface area contributed by atoms with Crippen LogP contribution < -0.4 is 10.6 Å². The van der Waals surface area contributed by atoms with Crippen molar-refractivity contribution in [3.8, 4) is 0 Å². The number of carbonyl (C=O) groups excluding carboxylic acids is 1. The van der Waals surface area contributed by atoms with E-state index in [1.165, 1.54) is 0 Å². The average Bonchev–Trinajstić information content (AvgIpc) is 3.28. The summed E-state index contributed by atoms with van der Waals surface area (Å²) in [4.78, 5) is 14.6. The van der Waals surface area contributed by atoms with Crippen LogP contribution >= 0.6 is 12.4 Å². The molecule has 0 saturated carbocycles. The third-order valence-corrected chi connectivity index (χ3v) is 4.27. The number of aromatic nitrogens is 4. The van der Waals surface area contributed by atoms with Gasteiger partial charge in [0, 0.05) is 38.8 Å². The van der Waals surface area contributed by atoms with Crippen LogP contribution in [-0.2, 0) is 19.5 Å². The van der Waals surface area contributed by atoms with Gasteiger partial charge in [-0.3, -0.25) is 14.4 Å². The van der Waals surface area contributed by atoms with E-state index >= 15 is 0 Å². The molecule has 1 amide bonds. The first kappa shape index (κ1) is 21.3. The number of piperazine rings is 1. The largest absolute Gasteiger partial charge is 0.359 e. The highest BCUT2D eigenvalue weighted by Crippen LogP contribution is 2.09. The van der Waals surface area contributed by atoms with Gasteiger partial charge in [0.05, 0.1) is 25.0 Å². The van der Waals surface area contributed by atoms with Crippen LogP contribution in [0.25, 0.3) is 0 Å². The lowest BCUT2D eigenvalue weighted by molar-refractivity contribution is 0.0942. The maximum absolute atomic E-state index is 12.2. The molecule has 0 aliphatic carbocycles. The van der Waals surface area contributed by atoms with Gasteiger partial charge in [-0.1, -0.05) is 24.2 Å². The number of nitrogens with zero attached hydrogens (tertiary/aromatic N) is 5. The van der Waals surface area contributed by atoms with Gasteiger partial charge in [-0.05, 0) is 12.3 Å². The SMILES string of the molecule is CC(C)Cc1cc(CNC(=O)c2cn(CCN3CCNCC3)nn2)on1.Cl. The molecule has 2 aromatic rings. The number of hydrogen-bond acceptors (Lipinski definition) is 7. The number of amides is 1. The van der Waals surface area contributed by atoms with Crippen molar-refractivity contribution in [2.45, 2.75) is 33.4 Å². The normalized spacial score (nSPS) is 14.9. The molecule has 3 heterocycles. The van der Waals surface area contributed by atoms with Gasteiger partial charge in [0.15, 0.2) is 11.5 Å². The van der Waals surface area contributed by atoms with E-state index in [-0.39, 0.29) is 24.9 Å². The molecule has 1 aliphatic rings. The molecule has 9 nitrogen and oxygen atoms in total. The smallest absolute Gasteiger partial charge is 0.273 e. The Morgan fingerprint density at radius 3 is 2.85 bits per heavy atom. The highest BCUT2D eigenvalue weighted by atomic mass is 35.5. The summed E-state index contributed by atoms with van der Waals surface area (Å²) in [5.74, 6) is 0.888. The molecule has 1 saturated heterocycles. The summed E-state index contributed by atoms with van der Waals surface area (Å²) in [6.45, 7) is 10.3. The maximum atomic E-state index is 12.2. The fourth-order valence-electron chi connectivity index (χ4n) is 2.90. The van der Waals surface area contributed by atoms with Gasteiger partial charge in [-0.25, -0.2) is 0 Å². The molecule has 0 aromatic carbocycles. The van der Waals surface area contributed by atoms with Crippen LogP contribution in [0.2, 0.25) is 0 Å². The molecule has 1 fully saturated rings. The Hall–Kier alpha value is -1.97. The highest BCUT2D eigenvalue weighted by molar-refractivity contribution is 5.91. The first-order valence-electron chi connectivity index (χ1n) is 9.16. The van der Waals surface area contributed by atoms with Crippen LogP contribution in [0.5, 0.6) is 0 Å². The van der Waals surface area contributed by atoms with E-state index in [1.54, 1.807) is 10.9 Å². The fraction of sp³-hybridized carbons (Fsp3) is 0.647. The number of nitrogens with one attached hydrogen (secondary N) is 2. The third-order valence-electron chi connectivity index (χ3n) is 4.27. The number of halogens is 1. The molecule has 3 rings (SSSR count). The Labute approximate surface area is 165 Å². The summed E-state index contributed by atoms with van der Waals surface area (Å²) in [6, 6.07) is 1.88. The third kappa shape index (κ3) is 6.60. The number of carbonyl (C=O) groups is 1. The Balaban J connectivity index is 0.00000261. The molecule has 0 atom stereocenters. The summed E-state index contributed by atoms with van der Waals surface area (Å²) >= 11 is 0. The average molecular weight is 398 g/mol. The molecule has 2 N–H and O–H groups in total. The number of hydrogen-bond donors (Lipinski definition) is 2. The van der Waals surface area contributed by atoms with E-state index in [0.29, 0.717) is 17.4 Å². The van der Waals surface area contributed by atoms with Crippen molar-refractivity contribution in [1.29, 1.82) is 0 Å². The summed E-state index contributed by atoms with van der Waals surface area (Å²) in [6.07, 6.45) is 2.54. The summed E-state index contributed by atoms with van der Waals surface area (Å²) < 4.78 is 6.96. The minimum Gasteiger partial charge on any atom is -0.359 e. The zero-order chi connectivity index (χ0) is 18.4. The minimum absolute atomic E-state index is 0. The second kappa shape index (κ2) is 10.4. The van der Waals surface area contributed by atoms with Crippen LogP contribution in [0.4, 0.5) is 0 Å². The van der Waals surface area contributed by atoms with Gasteiger partial charge >= 0.3 is 0 Å². The van der Waals surface area contributed by atoms with Crippen LogP contribution in [0.3, 0.4) is 0 Å². The van der Waals surface area contributed by atoms with Crippen LogP contribution in [0.15, 0.2) is 16.8 Å². The van der Waals surface area contributed by atoms with Gasteiger partial charge < -0.3 is 15.2 Å². The molecule has 150 valence electrons. The van der Waals surface area contributed by atoms with Crippen LogP contribution in [0.1, 0.15) is 35.8 Å². The van der Waals surface area contributed by atoms with Gasteiger partial charge in [0.1, 0.15) is 0 Å². The van der Waals surface area contributed by atoms with Gasteiger partial charge in [0.25, 0.3) is 5.91 Å². The first-order valence-corrected chi connectivity index (χ1v) is 9.16. The predicted octanol–water partition coefficient (Wildman–Crippen LogP) is 0.722.